The number of hydrogen-bond acceptors (Lipinski definition) is 6. The number of benzene rings is 3. The number of ether oxygens (including phenoxy) is 2. The molecule has 3 aromatic carbocycles. The molecule has 2 bridgehead atoms. The fourth-order valence-corrected chi connectivity index (χ4v) is 5.01. The van der Waals surface area contributed by atoms with Crippen LogP contribution in [0.1, 0.15) is 28.8 Å². The Bertz CT molecular complexity index is 1240. The second-order valence-electron chi connectivity index (χ2n) is 9.75. The summed E-state index contributed by atoms with van der Waals surface area (Å²) in [5.74, 6) is -0.427. The topological polar surface area (TPSA) is 100 Å². The molecule has 0 aromatic heterocycles. The smallest absolute Gasteiger partial charge is 0.255 e. The summed E-state index contributed by atoms with van der Waals surface area (Å²) >= 11 is 0. The maximum absolute atomic E-state index is 13.1. The Morgan fingerprint density at radius 2 is 1.63 bits per heavy atom. The van der Waals surface area contributed by atoms with Gasteiger partial charge < -0.3 is 25.2 Å². The van der Waals surface area contributed by atoms with Gasteiger partial charge in [-0.05, 0) is 48.2 Å². The van der Waals surface area contributed by atoms with Crippen LogP contribution in [-0.2, 0) is 20.9 Å². The zero-order valence-electron chi connectivity index (χ0n) is 21.3. The molecule has 2 saturated heterocycles. The first-order valence-corrected chi connectivity index (χ1v) is 13.0. The molecule has 2 aliphatic heterocycles. The van der Waals surface area contributed by atoms with Crippen molar-refractivity contribution in [3.63, 3.8) is 0 Å². The molecule has 8 nitrogen and oxygen atoms in total. The lowest BCUT2D eigenvalue weighted by atomic mass is 10.1. The van der Waals surface area contributed by atoms with Gasteiger partial charge in [0.25, 0.3) is 5.91 Å². The van der Waals surface area contributed by atoms with Gasteiger partial charge in [-0.1, -0.05) is 48.5 Å². The van der Waals surface area contributed by atoms with Gasteiger partial charge in [-0.15, -0.1) is 0 Å². The maximum atomic E-state index is 13.1. The fourth-order valence-electron chi connectivity index (χ4n) is 5.01. The van der Waals surface area contributed by atoms with Crippen LogP contribution >= 0.6 is 0 Å². The van der Waals surface area contributed by atoms with Crippen molar-refractivity contribution < 1.29 is 24.2 Å². The fraction of sp³-hybridized carbons (Fsp3) is 0.333. The molecule has 2 unspecified atom stereocenters. The molecule has 2 heterocycles. The first-order valence-electron chi connectivity index (χ1n) is 13.0. The normalized spacial score (nSPS) is 18.8. The van der Waals surface area contributed by atoms with Gasteiger partial charge in [0, 0.05) is 35.6 Å². The van der Waals surface area contributed by atoms with Crippen LogP contribution in [-0.4, -0.2) is 66.9 Å². The Morgan fingerprint density at radius 1 is 0.921 bits per heavy atom. The summed E-state index contributed by atoms with van der Waals surface area (Å²) < 4.78 is 11.4. The summed E-state index contributed by atoms with van der Waals surface area (Å²) in [5, 5.41) is 15.0. The van der Waals surface area contributed by atoms with Gasteiger partial charge in [0.2, 0.25) is 5.91 Å². The monoisotopic (exact) mass is 515 g/mol. The molecule has 0 spiro atoms. The molecule has 2 amide bonds. The highest BCUT2D eigenvalue weighted by Gasteiger charge is 2.34. The molecule has 0 saturated carbocycles. The molecule has 5 rings (SSSR count). The number of fused-ring (bicyclic) bond motifs is 2. The largest absolute Gasteiger partial charge is 0.394 e. The van der Waals surface area contributed by atoms with Gasteiger partial charge in [-0.2, -0.15) is 0 Å². The van der Waals surface area contributed by atoms with Gasteiger partial charge in [-0.25, -0.2) is 0 Å². The van der Waals surface area contributed by atoms with E-state index in [0.717, 1.165) is 42.6 Å². The molecule has 3 N–H and O–H groups in total. The molecule has 0 radical (unpaired) electrons. The predicted molar refractivity (Wildman–Crippen MR) is 146 cm³/mol. The number of nitrogens with one attached hydrogen (secondary N) is 2. The molecule has 8 heteroatoms. The van der Waals surface area contributed by atoms with Crippen molar-refractivity contribution in [2.75, 3.05) is 43.5 Å². The Morgan fingerprint density at radius 3 is 2.34 bits per heavy atom. The first kappa shape index (κ1) is 26.1. The molecular weight excluding hydrogens is 482 g/mol. The quantitative estimate of drug-likeness (QED) is 0.354. The van der Waals surface area contributed by atoms with E-state index >= 15 is 0 Å². The van der Waals surface area contributed by atoms with E-state index in [2.05, 4.69) is 15.5 Å². The van der Waals surface area contributed by atoms with Crippen molar-refractivity contribution in [1.82, 2.24) is 4.90 Å². The molecule has 198 valence electrons. The van der Waals surface area contributed by atoms with E-state index in [1.54, 1.807) is 18.2 Å². The van der Waals surface area contributed by atoms with Crippen molar-refractivity contribution >= 4 is 23.2 Å². The Kier molecular flexibility index (Phi) is 8.45. The minimum atomic E-state index is -0.277. The van der Waals surface area contributed by atoms with Crippen LogP contribution in [0.5, 0.6) is 0 Å². The summed E-state index contributed by atoms with van der Waals surface area (Å²) in [5.41, 5.74) is 4.53. The Balaban J connectivity index is 1.26. The summed E-state index contributed by atoms with van der Waals surface area (Å²) in [6.07, 6.45) is 2.50. The van der Waals surface area contributed by atoms with Crippen LogP contribution in [0.4, 0.5) is 11.4 Å². The minimum Gasteiger partial charge on any atom is -0.394 e. The second-order valence-corrected chi connectivity index (χ2v) is 9.75. The molecule has 0 aliphatic carbocycles. The molecule has 2 fully saturated rings. The number of hydrogen-bond donors (Lipinski definition) is 3. The van der Waals surface area contributed by atoms with E-state index in [4.69, 9.17) is 14.6 Å². The van der Waals surface area contributed by atoms with Crippen molar-refractivity contribution in [1.29, 1.82) is 0 Å². The summed E-state index contributed by atoms with van der Waals surface area (Å²) in [7, 11) is 0. The summed E-state index contributed by atoms with van der Waals surface area (Å²) in [6, 6.07) is 22.9. The second kappa shape index (κ2) is 12.3. The Hall–Kier alpha value is -3.56. The van der Waals surface area contributed by atoms with E-state index in [-0.39, 0.29) is 50.4 Å². The molecule has 38 heavy (non-hydrogen) atoms. The van der Waals surface area contributed by atoms with Crippen molar-refractivity contribution in [3.05, 3.63) is 83.9 Å². The summed E-state index contributed by atoms with van der Waals surface area (Å²) in [4.78, 5) is 28.1. The number of morpholine rings is 1. The number of amides is 2. The molecule has 2 atom stereocenters. The minimum absolute atomic E-state index is 0.0927. The number of carbonyl (C=O) groups excluding carboxylic acids is 2. The number of aliphatic hydroxyl groups excluding tert-OH is 1. The van der Waals surface area contributed by atoms with E-state index in [1.165, 1.54) is 0 Å². The van der Waals surface area contributed by atoms with Crippen LogP contribution < -0.4 is 10.6 Å². The van der Waals surface area contributed by atoms with E-state index in [0.29, 0.717) is 16.9 Å². The molecule has 3 aromatic rings. The average Bonchev–Trinajstić information content (AvgIpc) is 3.28. The lowest BCUT2D eigenvalue weighted by Crippen LogP contribution is -2.45. The summed E-state index contributed by atoms with van der Waals surface area (Å²) in [6.45, 7) is 2.07. The third-order valence-electron chi connectivity index (χ3n) is 6.88. The lowest BCUT2D eigenvalue weighted by Gasteiger charge is -2.31. The van der Waals surface area contributed by atoms with Gasteiger partial charge in [0.05, 0.1) is 38.6 Å². The van der Waals surface area contributed by atoms with Crippen LogP contribution in [0.15, 0.2) is 72.8 Å². The number of likely N-dealkylation sites (tertiary alicyclic amines) is 1. The van der Waals surface area contributed by atoms with Crippen molar-refractivity contribution in [2.24, 2.45) is 0 Å². The number of rotatable bonds is 10. The van der Waals surface area contributed by atoms with E-state index in [1.807, 2.05) is 54.6 Å². The van der Waals surface area contributed by atoms with Gasteiger partial charge in [0.1, 0.15) is 0 Å². The third kappa shape index (κ3) is 6.65. The third-order valence-corrected chi connectivity index (χ3v) is 6.88. The predicted octanol–water partition coefficient (Wildman–Crippen LogP) is 3.92. The highest BCUT2D eigenvalue weighted by atomic mass is 16.5. The van der Waals surface area contributed by atoms with E-state index < -0.39 is 0 Å². The van der Waals surface area contributed by atoms with Crippen LogP contribution in [0.3, 0.4) is 0 Å². The SMILES string of the molecule is O=C(CN1CC2CCC(C1)O2)Nc1cc(C(=O)Nc2ccc(-c3ccccc3)cc2)ccc1COCCO. The zero-order valence-corrected chi connectivity index (χ0v) is 21.3. The lowest BCUT2D eigenvalue weighted by molar-refractivity contribution is -0.119. The van der Waals surface area contributed by atoms with Gasteiger partial charge in [0.15, 0.2) is 0 Å². The van der Waals surface area contributed by atoms with Gasteiger partial charge in [-0.3, -0.25) is 14.5 Å². The zero-order chi connectivity index (χ0) is 26.3. The van der Waals surface area contributed by atoms with Gasteiger partial charge >= 0.3 is 0 Å². The number of anilines is 2. The number of aliphatic hydroxyl groups is 1. The van der Waals surface area contributed by atoms with E-state index in [9.17, 15) is 9.59 Å². The van der Waals surface area contributed by atoms with Crippen molar-refractivity contribution in [3.8, 4) is 11.1 Å². The highest BCUT2D eigenvalue weighted by molar-refractivity contribution is 6.05. The number of nitrogens with zero attached hydrogens (tertiary/aromatic N) is 1. The molecular formula is C30H33N3O5. The Labute approximate surface area is 222 Å². The number of carbonyl (C=O) groups is 2. The van der Waals surface area contributed by atoms with Crippen molar-refractivity contribution in [2.45, 2.75) is 31.7 Å². The van der Waals surface area contributed by atoms with Crippen LogP contribution in [0, 0.1) is 0 Å². The van der Waals surface area contributed by atoms with Crippen LogP contribution in [0.2, 0.25) is 0 Å². The molecule has 2 aliphatic rings. The average molecular weight is 516 g/mol. The highest BCUT2D eigenvalue weighted by Crippen LogP contribution is 2.27. The first-order chi connectivity index (χ1) is 18.6. The standard InChI is InChI=1S/C30H33N3O5/c34-14-15-37-20-24-7-6-23(16-28(24)32-29(35)19-33-17-26-12-13-27(18-33)38-26)30(36)31-25-10-8-22(9-11-25)21-4-2-1-3-5-21/h1-11,16,26-27,34H,12-15,17-20H2,(H,31,36)(H,32,35). The van der Waals surface area contributed by atoms with Crippen LogP contribution in [0.25, 0.3) is 11.1 Å². The maximum Gasteiger partial charge on any atom is 0.255 e.